The Morgan fingerprint density at radius 1 is 1.06 bits per heavy atom. The van der Waals surface area contributed by atoms with Crippen LogP contribution in [0.3, 0.4) is 0 Å². The Balaban J connectivity index is 1.67. The molecule has 1 aromatic heterocycles. The number of hydrogen-bond donors (Lipinski definition) is 1. The highest BCUT2D eigenvalue weighted by atomic mass is 35.5. The summed E-state index contributed by atoms with van der Waals surface area (Å²) in [6, 6.07) is 17.0. The van der Waals surface area contributed by atoms with Crippen LogP contribution in [0.15, 0.2) is 64.5 Å². The van der Waals surface area contributed by atoms with Crippen molar-refractivity contribution in [2.45, 2.75) is 11.4 Å². The van der Waals surface area contributed by atoms with Crippen LogP contribution < -0.4 is 9.47 Å². The van der Waals surface area contributed by atoms with E-state index in [4.69, 9.17) is 11.6 Å². The molecule has 1 N–H and O–H groups in total. The Kier molecular flexibility index (Phi) is 6.79. The molecule has 188 valence electrons. The number of thiazole rings is 1. The Morgan fingerprint density at radius 3 is 2.58 bits per heavy atom. The highest BCUT2D eigenvalue weighted by molar-refractivity contribution is 8.04. The molecule has 0 saturated carbocycles. The first-order valence-electron chi connectivity index (χ1n) is 10.7. The van der Waals surface area contributed by atoms with Crippen molar-refractivity contribution in [1.82, 2.24) is 0 Å². The predicted molar refractivity (Wildman–Crippen MR) is 143 cm³/mol. The molecular formula is C23H19ClN2O6S4. The van der Waals surface area contributed by atoms with Gasteiger partial charge in [0, 0.05) is 16.5 Å². The van der Waals surface area contributed by atoms with Crippen molar-refractivity contribution in [3.05, 3.63) is 69.7 Å². The standard InChI is InChI=1S/C23H19ClN2O6S4/c24-16-6-8-19-18(13-16)25(9-11-35(27,28)29)21(33-19)14-22-26(10-12-36(30,31)32)23-17-4-2-1-3-15(17)5-7-20(23)34-22/h1-8,13-14H,9-12H2,(H-,27,28,29,30,31,32). The van der Waals surface area contributed by atoms with Gasteiger partial charge >= 0.3 is 0 Å². The molecule has 1 aliphatic heterocycles. The topological polar surface area (TPSA) is 119 Å². The van der Waals surface area contributed by atoms with Crippen LogP contribution in [0, 0.1) is 0 Å². The average Bonchev–Trinajstić information content (AvgIpc) is 3.32. The van der Waals surface area contributed by atoms with Crippen LogP contribution in [-0.4, -0.2) is 44.0 Å². The molecule has 0 radical (unpaired) electrons. The van der Waals surface area contributed by atoms with Crippen molar-refractivity contribution in [1.29, 1.82) is 0 Å². The van der Waals surface area contributed by atoms with E-state index in [-0.39, 0.29) is 13.1 Å². The maximum Gasteiger partial charge on any atom is 0.266 e. The van der Waals surface area contributed by atoms with Crippen LogP contribution >= 0.6 is 34.7 Å². The zero-order valence-corrected chi connectivity index (χ0v) is 22.5. The molecule has 1 aliphatic rings. The van der Waals surface area contributed by atoms with Gasteiger partial charge in [-0.05, 0) is 35.7 Å². The van der Waals surface area contributed by atoms with Crippen LogP contribution in [0.5, 0.6) is 0 Å². The van der Waals surface area contributed by atoms with Crippen LogP contribution in [0.4, 0.5) is 5.69 Å². The number of aromatic nitrogens is 1. The molecule has 0 spiro atoms. The lowest BCUT2D eigenvalue weighted by molar-refractivity contribution is -0.663. The second kappa shape index (κ2) is 9.60. The average molecular weight is 583 g/mol. The molecule has 0 atom stereocenters. The normalized spacial score (nSPS) is 15.3. The van der Waals surface area contributed by atoms with Gasteiger partial charge in [-0.15, -0.1) is 0 Å². The van der Waals surface area contributed by atoms with Gasteiger partial charge in [0.1, 0.15) is 14.8 Å². The number of thioether (sulfide) groups is 1. The van der Waals surface area contributed by atoms with E-state index < -0.39 is 31.7 Å². The second-order valence-electron chi connectivity index (χ2n) is 8.12. The summed E-state index contributed by atoms with van der Waals surface area (Å²) >= 11 is 9.04. The van der Waals surface area contributed by atoms with Gasteiger partial charge in [0.05, 0.1) is 33.7 Å². The van der Waals surface area contributed by atoms with Crippen LogP contribution in [0.2, 0.25) is 5.02 Å². The number of benzene rings is 3. The molecule has 4 aromatic rings. The molecule has 36 heavy (non-hydrogen) atoms. The minimum Gasteiger partial charge on any atom is -0.748 e. The maximum atomic E-state index is 11.5. The van der Waals surface area contributed by atoms with Gasteiger partial charge in [0.2, 0.25) is 5.52 Å². The number of anilines is 1. The Labute approximate surface area is 221 Å². The maximum absolute atomic E-state index is 11.5. The molecule has 3 aromatic carbocycles. The van der Waals surface area contributed by atoms with E-state index in [0.717, 1.165) is 25.9 Å². The summed E-state index contributed by atoms with van der Waals surface area (Å²) in [7, 11) is -8.68. The third-order valence-electron chi connectivity index (χ3n) is 5.69. The number of halogens is 1. The quantitative estimate of drug-likeness (QED) is 0.252. The lowest BCUT2D eigenvalue weighted by atomic mass is 10.1. The highest BCUT2D eigenvalue weighted by Gasteiger charge is 2.29. The van der Waals surface area contributed by atoms with E-state index in [1.54, 1.807) is 17.0 Å². The number of rotatable bonds is 7. The second-order valence-corrected chi connectivity index (χ2v) is 13.8. The van der Waals surface area contributed by atoms with Crippen LogP contribution in [0.1, 0.15) is 5.01 Å². The summed E-state index contributed by atoms with van der Waals surface area (Å²) in [5.74, 6) is -1.05. The fourth-order valence-electron chi connectivity index (χ4n) is 4.13. The Bertz CT molecular complexity index is 1750. The molecule has 0 fully saturated rings. The summed E-state index contributed by atoms with van der Waals surface area (Å²) in [5.41, 5.74) is 1.53. The monoisotopic (exact) mass is 582 g/mol. The van der Waals surface area contributed by atoms with E-state index in [1.165, 1.54) is 23.1 Å². The molecule has 0 saturated heterocycles. The van der Waals surface area contributed by atoms with Crippen molar-refractivity contribution < 1.29 is 30.5 Å². The number of nitrogens with zero attached hydrogens (tertiary/aromatic N) is 2. The van der Waals surface area contributed by atoms with E-state index in [2.05, 4.69) is 0 Å². The predicted octanol–water partition coefficient (Wildman–Crippen LogP) is 4.34. The zero-order chi connectivity index (χ0) is 25.7. The molecular weight excluding hydrogens is 564 g/mol. The lowest BCUT2D eigenvalue weighted by Gasteiger charge is -2.19. The minimum atomic E-state index is -4.46. The Hall–Kier alpha value is -2.19. The van der Waals surface area contributed by atoms with E-state index >= 15 is 0 Å². The van der Waals surface area contributed by atoms with Crippen LogP contribution in [-0.2, 0) is 26.8 Å². The molecule has 13 heteroatoms. The number of aryl methyl sites for hydroxylation is 1. The SMILES string of the molecule is O=S(=O)([O-])CC[n+]1c(/C=C2/Sc3ccc(Cl)cc3N2CCS(=O)(=O)O)sc2ccc3ccccc3c21. The van der Waals surface area contributed by atoms with Gasteiger partial charge in [0.15, 0.2) is 6.54 Å². The van der Waals surface area contributed by atoms with Gasteiger partial charge in [-0.3, -0.25) is 4.55 Å². The van der Waals surface area contributed by atoms with E-state index in [1.807, 2.05) is 53.1 Å². The minimum absolute atomic E-state index is 0.00618. The number of hydrogen-bond acceptors (Lipinski definition) is 8. The van der Waals surface area contributed by atoms with Crippen molar-refractivity contribution in [2.75, 3.05) is 23.0 Å². The van der Waals surface area contributed by atoms with Crippen LogP contribution in [0.25, 0.3) is 27.1 Å². The largest absolute Gasteiger partial charge is 0.748 e. The van der Waals surface area contributed by atoms with Crippen molar-refractivity contribution in [3.8, 4) is 0 Å². The number of fused-ring (bicyclic) bond motifs is 4. The fourth-order valence-corrected chi connectivity index (χ4v) is 7.44. The first-order chi connectivity index (χ1) is 17.0. The first kappa shape index (κ1) is 25.5. The molecule has 8 nitrogen and oxygen atoms in total. The van der Waals surface area contributed by atoms with Gasteiger partial charge in [0.25, 0.3) is 15.1 Å². The summed E-state index contributed by atoms with van der Waals surface area (Å²) < 4.78 is 69.6. The molecule has 0 aliphatic carbocycles. The summed E-state index contributed by atoms with van der Waals surface area (Å²) in [4.78, 5) is 2.62. The van der Waals surface area contributed by atoms with Gasteiger partial charge < -0.3 is 9.45 Å². The highest BCUT2D eigenvalue weighted by Crippen LogP contribution is 2.47. The summed E-state index contributed by atoms with van der Waals surface area (Å²) in [6.45, 7) is -0.0405. The first-order valence-corrected chi connectivity index (χ1v) is 15.9. The van der Waals surface area contributed by atoms with E-state index in [9.17, 15) is 25.9 Å². The summed E-state index contributed by atoms with van der Waals surface area (Å²) in [5, 5.41) is 3.77. The molecule has 5 rings (SSSR count). The molecule has 0 amide bonds. The van der Waals surface area contributed by atoms with Crippen molar-refractivity contribution in [3.63, 3.8) is 0 Å². The molecule has 0 bridgehead atoms. The lowest BCUT2D eigenvalue weighted by Crippen LogP contribution is -2.39. The van der Waals surface area contributed by atoms with Crippen molar-refractivity contribution in [2.24, 2.45) is 0 Å². The van der Waals surface area contributed by atoms with Gasteiger partial charge in [-0.2, -0.15) is 13.0 Å². The summed E-state index contributed by atoms with van der Waals surface area (Å²) in [6.07, 6.45) is 1.85. The smallest absolute Gasteiger partial charge is 0.266 e. The van der Waals surface area contributed by atoms with E-state index in [0.29, 0.717) is 20.7 Å². The molecule has 2 heterocycles. The zero-order valence-electron chi connectivity index (χ0n) is 18.5. The Morgan fingerprint density at radius 2 is 1.83 bits per heavy atom. The fraction of sp³-hybridized carbons (Fsp3) is 0.174. The van der Waals surface area contributed by atoms with Crippen molar-refractivity contribution >= 4 is 87.7 Å². The van der Waals surface area contributed by atoms with Gasteiger partial charge in [-0.1, -0.05) is 59.0 Å². The van der Waals surface area contributed by atoms with Gasteiger partial charge in [-0.25, -0.2) is 8.42 Å². The third-order valence-corrected chi connectivity index (χ3v) is 9.52. The molecule has 0 unspecified atom stereocenters. The third kappa shape index (κ3) is 5.40.